The molecule has 0 atom stereocenters. The zero-order chi connectivity index (χ0) is 13.6. The third kappa shape index (κ3) is 5.51. The zero-order valence-corrected chi connectivity index (χ0v) is 12.1. The fourth-order valence-electron chi connectivity index (χ4n) is 1.38. The molecule has 1 aromatic rings. The lowest BCUT2D eigenvalue weighted by atomic mass is 10.2. The monoisotopic (exact) mass is 268 g/mol. The molecule has 0 saturated heterocycles. The van der Waals surface area contributed by atoms with Gasteiger partial charge >= 0.3 is 5.97 Å². The van der Waals surface area contributed by atoms with Crippen LogP contribution in [0.3, 0.4) is 0 Å². The summed E-state index contributed by atoms with van der Waals surface area (Å²) in [5, 5.41) is 3.95. The number of carbonyl (C=O) groups excluding carboxylic acids is 1. The fraction of sp³-hybridized carbons (Fsp3) is 0.538. The van der Waals surface area contributed by atoms with E-state index in [2.05, 4.69) is 10.3 Å². The highest BCUT2D eigenvalue weighted by molar-refractivity contribution is 7.99. The average molecular weight is 268 g/mol. The Kier molecular flexibility index (Phi) is 5.62. The van der Waals surface area contributed by atoms with Gasteiger partial charge in [-0.3, -0.25) is 4.79 Å². The Bertz CT molecular complexity index is 402. The molecular weight excluding hydrogens is 248 g/mol. The minimum absolute atomic E-state index is 0.214. The molecule has 0 unspecified atom stereocenters. The molecule has 0 aliphatic heterocycles. The Labute approximate surface area is 113 Å². The first-order valence-electron chi connectivity index (χ1n) is 5.85. The van der Waals surface area contributed by atoms with Gasteiger partial charge in [0.25, 0.3) is 0 Å². The topological polar surface area (TPSA) is 51.2 Å². The Morgan fingerprint density at radius 1 is 1.50 bits per heavy atom. The second-order valence-corrected chi connectivity index (χ2v) is 5.84. The average Bonchev–Trinajstić information content (AvgIpc) is 2.26. The Balaban J connectivity index is 2.55. The van der Waals surface area contributed by atoms with Crippen LogP contribution in [0.2, 0.25) is 0 Å². The highest BCUT2D eigenvalue weighted by atomic mass is 32.2. The number of aromatic nitrogens is 1. The van der Waals surface area contributed by atoms with E-state index < -0.39 is 5.60 Å². The van der Waals surface area contributed by atoms with Crippen molar-refractivity contribution in [2.75, 3.05) is 12.8 Å². The molecule has 0 aromatic carbocycles. The maximum absolute atomic E-state index is 11.6. The molecule has 0 aliphatic carbocycles. The van der Waals surface area contributed by atoms with Crippen molar-refractivity contribution in [3.8, 4) is 0 Å². The van der Waals surface area contributed by atoms with Crippen LogP contribution < -0.4 is 5.32 Å². The van der Waals surface area contributed by atoms with E-state index in [1.54, 1.807) is 6.20 Å². The summed E-state index contributed by atoms with van der Waals surface area (Å²) in [6.45, 7) is 6.33. The highest BCUT2D eigenvalue weighted by Gasteiger charge is 2.16. The van der Waals surface area contributed by atoms with Gasteiger partial charge in [-0.25, -0.2) is 4.98 Å². The number of nitrogens with one attached hydrogen (secondary N) is 1. The van der Waals surface area contributed by atoms with E-state index in [9.17, 15) is 4.79 Å². The van der Waals surface area contributed by atoms with Crippen molar-refractivity contribution in [1.82, 2.24) is 10.3 Å². The molecule has 0 fully saturated rings. The van der Waals surface area contributed by atoms with Crippen LogP contribution in [0.4, 0.5) is 0 Å². The molecule has 100 valence electrons. The van der Waals surface area contributed by atoms with Gasteiger partial charge in [-0.05, 0) is 39.4 Å². The smallest absolute Gasteiger partial charge is 0.316 e. The number of carbonyl (C=O) groups is 1. The molecule has 0 bridgehead atoms. The van der Waals surface area contributed by atoms with Gasteiger partial charge < -0.3 is 10.1 Å². The molecular formula is C13H20N2O2S. The standard InChI is InChI=1S/C13H20N2O2S/c1-13(2,3)17-11(16)9-18-12-10(8-14-4)6-5-7-15-12/h5-7,14H,8-9H2,1-4H3. The third-order valence-corrected chi connectivity index (χ3v) is 2.99. The van der Waals surface area contributed by atoms with Crippen molar-refractivity contribution in [1.29, 1.82) is 0 Å². The first kappa shape index (κ1) is 15.0. The van der Waals surface area contributed by atoms with Crippen molar-refractivity contribution >= 4 is 17.7 Å². The van der Waals surface area contributed by atoms with Crippen LogP contribution in [0.5, 0.6) is 0 Å². The van der Waals surface area contributed by atoms with Crippen LogP contribution in [-0.4, -0.2) is 29.4 Å². The molecule has 5 heteroatoms. The number of rotatable bonds is 5. The summed E-state index contributed by atoms with van der Waals surface area (Å²) in [6, 6.07) is 3.89. The number of nitrogens with zero attached hydrogens (tertiary/aromatic N) is 1. The lowest BCUT2D eigenvalue weighted by molar-refractivity contribution is -0.151. The summed E-state index contributed by atoms with van der Waals surface area (Å²) < 4.78 is 5.26. The van der Waals surface area contributed by atoms with Crippen molar-refractivity contribution in [2.24, 2.45) is 0 Å². The van der Waals surface area contributed by atoms with Gasteiger partial charge in [0.1, 0.15) is 10.6 Å². The van der Waals surface area contributed by atoms with Gasteiger partial charge in [0.2, 0.25) is 0 Å². The zero-order valence-electron chi connectivity index (χ0n) is 11.3. The predicted molar refractivity (Wildman–Crippen MR) is 73.6 cm³/mol. The van der Waals surface area contributed by atoms with E-state index in [4.69, 9.17) is 4.74 Å². The van der Waals surface area contributed by atoms with Crippen LogP contribution in [0, 0.1) is 0 Å². The number of ether oxygens (including phenoxy) is 1. The van der Waals surface area contributed by atoms with Crippen LogP contribution >= 0.6 is 11.8 Å². The Hall–Kier alpha value is -1.07. The van der Waals surface area contributed by atoms with Gasteiger partial charge in [0.15, 0.2) is 0 Å². The number of hydrogen-bond acceptors (Lipinski definition) is 5. The van der Waals surface area contributed by atoms with E-state index in [0.29, 0.717) is 0 Å². The first-order chi connectivity index (χ1) is 8.42. The molecule has 4 nitrogen and oxygen atoms in total. The Morgan fingerprint density at radius 2 is 2.22 bits per heavy atom. The highest BCUT2D eigenvalue weighted by Crippen LogP contribution is 2.20. The summed E-state index contributed by atoms with van der Waals surface area (Å²) >= 11 is 1.41. The van der Waals surface area contributed by atoms with Gasteiger partial charge in [0.05, 0.1) is 5.75 Å². The molecule has 0 radical (unpaired) electrons. The SMILES string of the molecule is CNCc1cccnc1SCC(=O)OC(C)(C)C. The van der Waals surface area contributed by atoms with Crippen LogP contribution in [0.1, 0.15) is 26.3 Å². The molecule has 1 rings (SSSR count). The Morgan fingerprint density at radius 3 is 2.83 bits per heavy atom. The first-order valence-corrected chi connectivity index (χ1v) is 6.84. The maximum atomic E-state index is 11.6. The maximum Gasteiger partial charge on any atom is 0.316 e. The van der Waals surface area contributed by atoms with Crippen molar-refractivity contribution in [3.63, 3.8) is 0 Å². The van der Waals surface area contributed by atoms with Crippen molar-refractivity contribution in [3.05, 3.63) is 23.9 Å². The van der Waals surface area contributed by atoms with E-state index in [0.717, 1.165) is 17.1 Å². The predicted octanol–water partition coefficient (Wildman–Crippen LogP) is 2.23. The molecule has 0 aliphatic rings. The van der Waals surface area contributed by atoms with E-state index in [1.807, 2.05) is 40.0 Å². The summed E-state index contributed by atoms with van der Waals surface area (Å²) in [5.74, 6) is 0.0684. The lowest BCUT2D eigenvalue weighted by Crippen LogP contribution is -2.25. The molecule has 18 heavy (non-hydrogen) atoms. The third-order valence-electron chi connectivity index (χ3n) is 1.96. The van der Waals surface area contributed by atoms with Crippen molar-refractivity contribution < 1.29 is 9.53 Å². The molecule has 1 aromatic heterocycles. The normalized spacial score (nSPS) is 11.3. The summed E-state index contributed by atoms with van der Waals surface area (Å²) in [7, 11) is 1.88. The second-order valence-electron chi connectivity index (χ2n) is 4.87. The number of esters is 1. The number of thioether (sulfide) groups is 1. The van der Waals surface area contributed by atoms with Crippen LogP contribution in [0.25, 0.3) is 0 Å². The van der Waals surface area contributed by atoms with Crippen molar-refractivity contribution in [2.45, 2.75) is 37.9 Å². The van der Waals surface area contributed by atoms with E-state index in [1.165, 1.54) is 11.8 Å². The minimum atomic E-state index is -0.435. The summed E-state index contributed by atoms with van der Waals surface area (Å²) in [6.07, 6.45) is 1.73. The summed E-state index contributed by atoms with van der Waals surface area (Å²) in [4.78, 5) is 15.9. The van der Waals surface area contributed by atoms with Crippen LogP contribution in [0.15, 0.2) is 23.4 Å². The minimum Gasteiger partial charge on any atom is -0.459 e. The van der Waals surface area contributed by atoms with Gasteiger partial charge in [-0.1, -0.05) is 17.8 Å². The fourth-order valence-corrected chi connectivity index (χ4v) is 2.15. The molecule has 0 saturated carbocycles. The van der Waals surface area contributed by atoms with Crippen LogP contribution in [-0.2, 0) is 16.1 Å². The largest absolute Gasteiger partial charge is 0.459 e. The molecule has 0 spiro atoms. The number of hydrogen-bond donors (Lipinski definition) is 1. The molecule has 1 heterocycles. The van der Waals surface area contributed by atoms with Gasteiger partial charge in [0, 0.05) is 12.7 Å². The molecule has 1 N–H and O–H groups in total. The lowest BCUT2D eigenvalue weighted by Gasteiger charge is -2.19. The molecule has 0 amide bonds. The quantitative estimate of drug-likeness (QED) is 0.655. The van der Waals surface area contributed by atoms with Gasteiger partial charge in [-0.2, -0.15) is 0 Å². The second kappa shape index (κ2) is 6.75. The summed E-state index contributed by atoms with van der Waals surface area (Å²) in [5.41, 5.74) is 0.656. The van der Waals surface area contributed by atoms with Gasteiger partial charge in [-0.15, -0.1) is 0 Å². The number of pyridine rings is 1. The van der Waals surface area contributed by atoms with E-state index in [-0.39, 0.29) is 11.7 Å². The van der Waals surface area contributed by atoms with E-state index >= 15 is 0 Å².